The Balaban J connectivity index is 2.53. The van der Waals surface area contributed by atoms with Crippen molar-refractivity contribution in [3.63, 3.8) is 0 Å². The van der Waals surface area contributed by atoms with Crippen LogP contribution in [-0.4, -0.2) is 28.8 Å². The van der Waals surface area contributed by atoms with Gasteiger partial charge in [-0.1, -0.05) is 26.7 Å². The minimum Gasteiger partial charge on any atom is -0.380 e. The molecule has 0 unspecified atom stereocenters. The lowest BCUT2D eigenvalue weighted by Gasteiger charge is -2.16. The largest absolute Gasteiger partial charge is 0.380 e. The molecule has 1 rings (SSSR count). The van der Waals surface area contributed by atoms with E-state index in [9.17, 15) is 4.79 Å². The number of hydrogen-bond donors (Lipinski definition) is 2. The topological polar surface area (TPSA) is 59.0 Å². The van der Waals surface area contributed by atoms with Gasteiger partial charge in [0.2, 0.25) is 5.91 Å². The van der Waals surface area contributed by atoms with Crippen molar-refractivity contribution in [1.29, 1.82) is 0 Å². The third-order valence-electron chi connectivity index (χ3n) is 2.86. The number of carbonyl (C=O) groups is 1. The predicted molar refractivity (Wildman–Crippen MR) is 73.5 cm³/mol. The molecule has 0 fully saturated rings. The van der Waals surface area contributed by atoms with Crippen molar-refractivity contribution in [2.75, 3.05) is 12.4 Å². The van der Waals surface area contributed by atoms with Gasteiger partial charge < -0.3 is 10.6 Å². The summed E-state index contributed by atoms with van der Waals surface area (Å²) in [4.78, 5) is 11.2. The van der Waals surface area contributed by atoms with Crippen LogP contribution in [0.25, 0.3) is 0 Å². The quantitative estimate of drug-likeness (QED) is 0.744. The fourth-order valence-corrected chi connectivity index (χ4v) is 1.97. The van der Waals surface area contributed by atoms with Crippen molar-refractivity contribution in [3.05, 3.63) is 12.4 Å². The van der Waals surface area contributed by atoms with E-state index in [-0.39, 0.29) is 12.5 Å². The first-order valence-corrected chi connectivity index (χ1v) is 6.69. The molecule has 102 valence electrons. The van der Waals surface area contributed by atoms with E-state index < -0.39 is 0 Å². The van der Waals surface area contributed by atoms with E-state index in [0.717, 1.165) is 18.5 Å². The highest BCUT2D eigenvalue weighted by Gasteiger charge is 2.08. The number of nitrogens with zero attached hydrogens (tertiary/aromatic N) is 2. The molecule has 0 aliphatic heterocycles. The zero-order chi connectivity index (χ0) is 13.4. The average Bonchev–Trinajstić information content (AvgIpc) is 2.77. The van der Waals surface area contributed by atoms with Gasteiger partial charge in [-0.05, 0) is 12.8 Å². The molecule has 0 aliphatic carbocycles. The first-order valence-electron chi connectivity index (χ1n) is 6.69. The highest BCUT2D eigenvalue weighted by atomic mass is 16.1. The van der Waals surface area contributed by atoms with Crippen LogP contribution in [0, 0.1) is 0 Å². The number of rotatable bonds is 8. The molecule has 0 radical (unpaired) electrons. The van der Waals surface area contributed by atoms with E-state index in [1.807, 2.05) is 6.20 Å². The molecule has 1 aromatic heterocycles. The summed E-state index contributed by atoms with van der Waals surface area (Å²) in [5.41, 5.74) is 0.991. The predicted octanol–water partition coefficient (Wildman–Crippen LogP) is 2.01. The molecule has 1 heterocycles. The van der Waals surface area contributed by atoms with Crippen molar-refractivity contribution in [2.45, 2.75) is 52.1 Å². The molecule has 2 N–H and O–H groups in total. The Labute approximate surface area is 109 Å². The molecule has 0 bridgehead atoms. The van der Waals surface area contributed by atoms with E-state index in [1.165, 1.54) is 12.8 Å². The van der Waals surface area contributed by atoms with Crippen molar-refractivity contribution in [3.8, 4) is 0 Å². The Morgan fingerprint density at radius 2 is 2.06 bits per heavy atom. The maximum atomic E-state index is 11.2. The number of anilines is 1. The van der Waals surface area contributed by atoms with Crippen molar-refractivity contribution in [1.82, 2.24) is 15.1 Å². The summed E-state index contributed by atoms with van der Waals surface area (Å²) < 4.78 is 1.65. The van der Waals surface area contributed by atoms with E-state index in [0.29, 0.717) is 6.04 Å². The van der Waals surface area contributed by atoms with Gasteiger partial charge in [-0.2, -0.15) is 5.10 Å². The van der Waals surface area contributed by atoms with Gasteiger partial charge in [0.1, 0.15) is 6.54 Å². The molecule has 1 amide bonds. The molecule has 0 spiro atoms. The smallest absolute Gasteiger partial charge is 0.241 e. The van der Waals surface area contributed by atoms with E-state index in [4.69, 9.17) is 0 Å². The van der Waals surface area contributed by atoms with Gasteiger partial charge in [0.25, 0.3) is 0 Å². The lowest BCUT2D eigenvalue weighted by atomic mass is 10.1. The van der Waals surface area contributed by atoms with Gasteiger partial charge in [-0.15, -0.1) is 0 Å². The van der Waals surface area contributed by atoms with Crippen LogP contribution >= 0.6 is 0 Å². The SMILES string of the molecule is CCCC(CCC)Nc1cnn(CC(=O)NC)c1. The summed E-state index contributed by atoms with van der Waals surface area (Å²) in [5, 5.41) is 10.2. The highest BCUT2D eigenvalue weighted by Crippen LogP contribution is 2.13. The van der Waals surface area contributed by atoms with Gasteiger partial charge in [-0.3, -0.25) is 9.48 Å². The summed E-state index contributed by atoms with van der Waals surface area (Å²) in [7, 11) is 1.63. The zero-order valence-corrected chi connectivity index (χ0v) is 11.6. The van der Waals surface area contributed by atoms with E-state index in [1.54, 1.807) is 17.9 Å². The van der Waals surface area contributed by atoms with E-state index >= 15 is 0 Å². The second-order valence-electron chi connectivity index (χ2n) is 4.52. The average molecular weight is 252 g/mol. The summed E-state index contributed by atoms with van der Waals surface area (Å²) in [6.07, 6.45) is 8.33. The Hall–Kier alpha value is -1.52. The number of nitrogens with one attached hydrogen (secondary N) is 2. The minimum absolute atomic E-state index is 0.0386. The lowest BCUT2D eigenvalue weighted by molar-refractivity contribution is -0.121. The number of aromatic nitrogens is 2. The fraction of sp³-hybridized carbons (Fsp3) is 0.692. The Morgan fingerprint density at radius 3 is 2.61 bits per heavy atom. The Bertz CT molecular complexity index is 356. The van der Waals surface area contributed by atoms with Crippen LogP contribution in [0.15, 0.2) is 12.4 Å². The third kappa shape index (κ3) is 4.77. The lowest BCUT2D eigenvalue weighted by Crippen LogP contribution is -2.23. The van der Waals surface area contributed by atoms with Gasteiger partial charge in [-0.25, -0.2) is 0 Å². The normalized spacial score (nSPS) is 10.7. The molecular formula is C13H24N4O. The maximum absolute atomic E-state index is 11.2. The van der Waals surface area contributed by atoms with Crippen molar-refractivity contribution < 1.29 is 4.79 Å². The Morgan fingerprint density at radius 1 is 1.39 bits per heavy atom. The number of amides is 1. The summed E-state index contributed by atoms with van der Waals surface area (Å²) in [6.45, 7) is 4.66. The standard InChI is InChI=1S/C13H24N4O/c1-4-6-11(7-5-2)16-12-8-15-17(9-12)10-13(18)14-3/h8-9,11,16H,4-7,10H2,1-3H3,(H,14,18). The second kappa shape index (κ2) is 7.74. The van der Waals surface area contributed by atoms with Gasteiger partial charge >= 0.3 is 0 Å². The third-order valence-corrected chi connectivity index (χ3v) is 2.86. The fourth-order valence-electron chi connectivity index (χ4n) is 1.97. The number of likely N-dealkylation sites (N-methyl/N-ethyl adjacent to an activating group) is 1. The summed E-state index contributed by atoms with van der Waals surface area (Å²) in [6, 6.07) is 0.498. The number of hydrogen-bond acceptors (Lipinski definition) is 3. The molecule has 5 heteroatoms. The first kappa shape index (κ1) is 14.5. The van der Waals surface area contributed by atoms with Gasteiger partial charge in [0.05, 0.1) is 11.9 Å². The van der Waals surface area contributed by atoms with Crippen LogP contribution in [0.1, 0.15) is 39.5 Å². The summed E-state index contributed by atoms with van der Waals surface area (Å²) in [5.74, 6) is -0.0386. The monoisotopic (exact) mass is 252 g/mol. The molecule has 0 aromatic carbocycles. The molecule has 18 heavy (non-hydrogen) atoms. The van der Waals surface area contributed by atoms with Crippen LogP contribution in [0.2, 0.25) is 0 Å². The highest BCUT2D eigenvalue weighted by molar-refractivity contribution is 5.75. The molecule has 5 nitrogen and oxygen atoms in total. The van der Waals surface area contributed by atoms with Crippen LogP contribution < -0.4 is 10.6 Å². The summed E-state index contributed by atoms with van der Waals surface area (Å²) >= 11 is 0. The molecule has 1 aromatic rings. The van der Waals surface area contributed by atoms with Crippen LogP contribution in [0.5, 0.6) is 0 Å². The van der Waals surface area contributed by atoms with Crippen molar-refractivity contribution >= 4 is 11.6 Å². The Kier molecular flexibility index (Phi) is 6.25. The molecular weight excluding hydrogens is 228 g/mol. The second-order valence-corrected chi connectivity index (χ2v) is 4.52. The van der Waals surface area contributed by atoms with E-state index in [2.05, 4.69) is 29.6 Å². The molecule has 0 atom stereocenters. The molecule has 0 aliphatic rings. The zero-order valence-electron chi connectivity index (χ0n) is 11.6. The van der Waals surface area contributed by atoms with Crippen LogP contribution in [0.4, 0.5) is 5.69 Å². The maximum Gasteiger partial charge on any atom is 0.241 e. The first-order chi connectivity index (χ1) is 8.69. The van der Waals surface area contributed by atoms with Crippen LogP contribution in [-0.2, 0) is 11.3 Å². The van der Waals surface area contributed by atoms with Crippen LogP contribution in [0.3, 0.4) is 0 Å². The van der Waals surface area contributed by atoms with Gasteiger partial charge in [0, 0.05) is 19.3 Å². The van der Waals surface area contributed by atoms with Gasteiger partial charge in [0.15, 0.2) is 0 Å². The minimum atomic E-state index is -0.0386. The molecule has 0 saturated heterocycles. The van der Waals surface area contributed by atoms with Crippen molar-refractivity contribution in [2.24, 2.45) is 0 Å². The molecule has 0 saturated carbocycles. The number of carbonyl (C=O) groups excluding carboxylic acids is 1.